The van der Waals surface area contributed by atoms with E-state index in [1.54, 1.807) is 19.9 Å². The minimum absolute atomic E-state index is 0.0333. The molecule has 0 aromatic heterocycles. The van der Waals surface area contributed by atoms with Gasteiger partial charge in [0.25, 0.3) is 0 Å². The maximum Gasteiger partial charge on any atom is 0.159 e. The number of aliphatic hydroxyl groups is 5. The zero-order valence-corrected chi connectivity index (χ0v) is 20.9. The van der Waals surface area contributed by atoms with Crippen LogP contribution in [0.2, 0.25) is 0 Å². The summed E-state index contributed by atoms with van der Waals surface area (Å²) < 4.78 is 0. The van der Waals surface area contributed by atoms with Crippen molar-refractivity contribution in [3.05, 3.63) is 11.6 Å². The fourth-order valence-corrected chi connectivity index (χ4v) is 8.35. The van der Waals surface area contributed by atoms with Gasteiger partial charge in [0.05, 0.1) is 29.5 Å². The normalized spacial score (nSPS) is 47.3. The molecule has 4 aliphatic carbocycles. The molecule has 188 valence electrons. The van der Waals surface area contributed by atoms with Crippen molar-refractivity contribution in [3.8, 4) is 0 Å². The molecule has 10 atom stereocenters. The second-order valence-corrected chi connectivity index (χ2v) is 12.8. The lowest BCUT2D eigenvalue weighted by molar-refractivity contribution is -0.174. The Morgan fingerprint density at radius 1 is 1.09 bits per heavy atom. The molecule has 3 saturated carbocycles. The molecule has 6 heteroatoms. The fourth-order valence-electron chi connectivity index (χ4n) is 8.35. The van der Waals surface area contributed by atoms with Gasteiger partial charge in [0.1, 0.15) is 0 Å². The highest BCUT2D eigenvalue weighted by atomic mass is 16.3. The molecule has 0 saturated heterocycles. The van der Waals surface area contributed by atoms with Crippen molar-refractivity contribution in [1.82, 2.24) is 0 Å². The van der Waals surface area contributed by atoms with Crippen LogP contribution in [0, 0.1) is 34.5 Å². The number of fused-ring (bicyclic) bond motifs is 5. The number of carbonyl (C=O) groups excluding carboxylic acids is 1. The van der Waals surface area contributed by atoms with Crippen molar-refractivity contribution in [2.75, 3.05) is 0 Å². The number of carbonyl (C=O) groups is 1. The van der Waals surface area contributed by atoms with E-state index in [-0.39, 0.29) is 29.5 Å². The summed E-state index contributed by atoms with van der Waals surface area (Å²) in [7, 11) is 0. The Morgan fingerprint density at radius 3 is 2.39 bits per heavy atom. The number of hydrogen-bond donors (Lipinski definition) is 5. The molecular weight excluding hydrogens is 420 g/mol. The molecule has 0 aliphatic heterocycles. The Bertz CT molecular complexity index is 816. The summed E-state index contributed by atoms with van der Waals surface area (Å²) in [4.78, 5) is 13.2. The third kappa shape index (κ3) is 3.67. The minimum Gasteiger partial charge on any atom is -0.393 e. The maximum absolute atomic E-state index is 13.2. The maximum atomic E-state index is 13.2. The first-order valence-corrected chi connectivity index (χ1v) is 12.9. The van der Waals surface area contributed by atoms with E-state index in [0.717, 1.165) is 24.8 Å². The van der Waals surface area contributed by atoms with Crippen molar-refractivity contribution in [1.29, 1.82) is 0 Å². The lowest BCUT2D eigenvalue weighted by atomic mass is 9.45. The van der Waals surface area contributed by atoms with Gasteiger partial charge in [-0.25, -0.2) is 0 Å². The Labute approximate surface area is 198 Å². The summed E-state index contributed by atoms with van der Waals surface area (Å²) in [6, 6.07) is 0. The molecule has 0 aromatic rings. The van der Waals surface area contributed by atoms with Gasteiger partial charge in [-0.15, -0.1) is 0 Å². The van der Waals surface area contributed by atoms with Crippen LogP contribution in [0.4, 0.5) is 0 Å². The van der Waals surface area contributed by atoms with Gasteiger partial charge < -0.3 is 25.5 Å². The van der Waals surface area contributed by atoms with Gasteiger partial charge in [0, 0.05) is 16.7 Å². The van der Waals surface area contributed by atoms with Crippen LogP contribution in [0.25, 0.3) is 0 Å². The molecule has 0 aromatic carbocycles. The second-order valence-electron chi connectivity index (χ2n) is 12.8. The van der Waals surface area contributed by atoms with E-state index in [1.165, 1.54) is 0 Å². The molecule has 3 fully saturated rings. The van der Waals surface area contributed by atoms with Gasteiger partial charge in [0.2, 0.25) is 0 Å². The molecule has 33 heavy (non-hydrogen) atoms. The predicted molar refractivity (Wildman–Crippen MR) is 125 cm³/mol. The summed E-state index contributed by atoms with van der Waals surface area (Å²) in [5, 5.41) is 54.7. The summed E-state index contributed by atoms with van der Waals surface area (Å²) in [5.41, 5.74) is -2.49. The number of hydrogen-bond acceptors (Lipinski definition) is 6. The average Bonchev–Trinajstić information content (AvgIpc) is 3.01. The monoisotopic (exact) mass is 464 g/mol. The summed E-state index contributed by atoms with van der Waals surface area (Å²) in [6.07, 6.45) is 4.07. The molecule has 0 spiro atoms. The van der Waals surface area contributed by atoms with Crippen LogP contribution in [0.5, 0.6) is 0 Å². The number of ketones is 1. The molecule has 0 amide bonds. The standard InChI is InChI=1S/C27H44O6/c1-15(20(28)10-11-24(2,3)32)16-9-13-27(33)19-14-22(30)18-6-7-21(29)23(31)26(18,5)17(19)8-12-25(16,27)4/h14-18,20-21,23,28-29,31-33H,6-13H2,1-5H3/t15?,16-,17?,18+,20-,21+,23?,25-,26-,27-/m1/s1. The number of rotatable bonds is 5. The average molecular weight is 465 g/mol. The highest BCUT2D eigenvalue weighted by molar-refractivity contribution is 5.95. The Balaban J connectivity index is 1.64. The first kappa shape index (κ1) is 25.3. The fraction of sp³-hybridized carbons (Fsp3) is 0.889. The van der Waals surface area contributed by atoms with Crippen molar-refractivity contribution >= 4 is 5.78 Å². The SMILES string of the molecule is CC([C@H](O)CCC(C)(C)O)[C@H]1CC[C@@]2(O)C3=CC(=O)[C@@H]4CC[C@H](O)C(O)[C@]4(C)C3CC[C@]12C. The molecule has 3 unspecified atom stereocenters. The molecule has 6 nitrogen and oxygen atoms in total. The lowest BCUT2D eigenvalue weighted by Crippen LogP contribution is -2.63. The summed E-state index contributed by atoms with van der Waals surface area (Å²) in [6.45, 7) is 9.58. The quantitative estimate of drug-likeness (QED) is 0.427. The zero-order valence-electron chi connectivity index (χ0n) is 20.9. The Hall–Kier alpha value is -0.790. The van der Waals surface area contributed by atoms with Gasteiger partial charge >= 0.3 is 0 Å². The van der Waals surface area contributed by atoms with E-state index in [0.29, 0.717) is 32.1 Å². The second kappa shape index (κ2) is 8.12. The summed E-state index contributed by atoms with van der Waals surface area (Å²) >= 11 is 0. The highest BCUT2D eigenvalue weighted by Gasteiger charge is 2.68. The van der Waals surface area contributed by atoms with Crippen LogP contribution >= 0.6 is 0 Å². The van der Waals surface area contributed by atoms with Gasteiger partial charge in [-0.05, 0) is 94.6 Å². The summed E-state index contributed by atoms with van der Waals surface area (Å²) in [5.74, 6) is -0.458. The van der Waals surface area contributed by atoms with E-state index in [4.69, 9.17) is 0 Å². The number of aliphatic hydroxyl groups excluding tert-OH is 3. The van der Waals surface area contributed by atoms with Crippen LogP contribution in [0.15, 0.2) is 11.6 Å². The van der Waals surface area contributed by atoms with Crippen molar-refractivity contribution in [2.24, 2.45) is 34.5 Å². The highest BCUT2D eigenvalue weighted by Crippen LogP contribution is 2.68. The van der Waals surface area contributed by atoms with Crippen LogP contribution in [-0.4, -0.2) is 60.8 Å². The predicted octanol–water partition coefficient (Wildman–Crippen LogP) is 2.74. The van der Waals surface area contributed by atoms with Crippen LogP contribution in [0.3, 0.4) is 0 Å². The molecule has 0 radical (unpaired) electrons. The van der Waals surface area contributed by atoms with Gasteiger partial charge in [0.15, 0.2) is 5.78 Å². The largest absolute Gasteiger partial charge is 0.393 e. The van der Waals surface area contributed by atoms with E-state index in [9.17, 15) is 30.3 Å². The zero-order chi connectivity index (χ0) is 24.6. The first-order valence-electron chi connectivity index (χ1n) is 12.9. The Kier molecular flexibility index (Phi) is 6.23. The molecule has 0 bridgehead atoms. The van der Waals surface area contributed by atoms with E-state index < -0.39 is 40.3 Å². The molecule has 4 rings (SSSR count). The molecule has 4 aliphatic rings. The molecule has 0 heterocycles. The van der Waals surface area contributed by atoms with Crippen molar-refractivity contribution in [2.45, 2.75) is 115 Å². The smallest absolute Gasteiger partial charge is 0.159 e. The van der Waals surface area contributed by atoms with Crippen LogP contribution in [-0.2, 0) is 4.79 Å². The first-order chi connectivity index (χ1) is 15.2. The van der Waals surface area contributed by atoms with Crippen LogP contribution < -0.4 is 0 Å². The van der Waals surface area contributed by atoms with E-state index in [1.807, 2.05) is 13.8 Å². The van der Waals surface area contributed by atoms with Gasteiger partial charge in [-0.3, -0.25) is 4.79 Å². The molecule has 5 N–H and O–H groups in total. The topological polar surface area (TPSA) is 118 Å². The van der Waals surface area contributed by atoms with Crippen molar-refractivity contribution in [3.63, 3.8) is 0 Å². The van der Waals surface area contributed by atoms with E-state index >= 15 is 0 Å². The lowest BCUT2D eigenvalue weighted by Gasteiger charge is -2.61. The third-order valence-corrected chi connectivity index (χ3v) is 10.6. The van der Waals surface area contributed by atoms with Gasteiger partial charge in [-0.2, -0.15) is 0 Å². The van der Waals surface area contributed by atoms with E-state index in [2.05, 4.69) is 6.92 Å². The van der Waals surface area contributed by atoms with Crippen molar-refractivity contribution < 1.29 is 30.3 Å². The minimum atomic E-state index is -1.16. The Morgan fingerprint density at radius 2 is 1.76 bits per heavy atom. The number of allylic oxidation sites excluding steroid dienone is 1. The molecular formula is C27H44O6. The third-order valence-electron chi connectivity index (χ3n) is 10.6. The van der Waals surface area contributed by atoms with Gasteiger partial charge in [-0.1, -0.05) is 20.8 Å². The van der Waals surface area contributed by atoms with Crippen LogP contribution in [0.1, 0.15) is 86.0 Å².